The second-order valence-electron chi connectivity index (χ2n) is 7.35. The molecule has 8 heteroatoms. The third-order valence-electron chi connectivity index (χ3n) is 5.30. The largest absolute Gasteiger partial charge is 0.495 e. The van der Waals surface area contributed by atoms with E-state index >= 15 is 0 Å². The van der Waals surface area contributed by atoms with Crippen LogP contribution in [0.15, 0.2) is 46.9 Å². The Morgan fingerprint density at radius 3 is 2.80 bits per heavy atom. The maximum absolute atomic E-state index is 12.6. The summed E-state index contributed by atoms with van der Waals surface area (Å²) < 4.78 is 7.61. The molecule has 1 aliphatic carbocycles. The normalized spacial score (nSPS) is 14.6. The first-order valence-electron chi connectivity index (χ1n) is 10.3. The number of aromatic nitrogens is 3. The van der Waals surface area contributed by atoms with Gasteiger partial charge in [-0.25, -0.2) is 0 Å². The lowest BCUT2D eigenvalue weighted by Gasteiger charge is -2.25. The summed E-state index contributed by atoms with van der Waals surface area (Å²) in [6.07, 6.45) is 6.85. The summed E-state index contributed by atoms with van der Waals surface area (Å²) in [7, 11) is 1.60. The molecule has 158 valence electrons. The second-order valence-corrected chi connectivity index (χ2v) is 9.33. The SMILES string of the molecule is COc1ccccc1NC(=O)CSc1nnc(Cc2cccs2)n1C1CCCCC1. The van der Waals surface area contributed by atoms with Gasteiger partial charge in [0.25, 0.3) is 0 Å². The van der Waals surface area contributed by atoms with Crippen LogP contribution in [-0.4, -0.2) is 33.5 Å². The van der Waals surface area contributed by atoms with E-state index in [1.807, 2.05) is 24.3 Å². The zero-order chi connectivity index (χ0) is 20.8. The van der Waals surface area contributed by atoms with E-state index in [0.717, 1.165) is 30.2 Å². The van der Waals surface area contributed by atoms with Crippen molar-refractivity contribution < 1.29 is 9.53 Å². The van der Waals surface area contributed by atoms with Crippen molar-refractivity contribution in [3.05, 3.63) is 52.5 Å². The molecular formula is C22H26N4O2S2. The molecule has 1 saturated carbocycles. The highest BCUT2D eigenvalue weighted by molar-refractivity contribution is 7.99. The van der Waals surface area contributed by atoms with E-state index in [4.69, 9.17) is 4.74 Å². The van der Waals surface area contributed by atoms with Gasteiger partial charge in [-0.05, 0) is 36.4 Å². The number of amides is 1. The zero-order valence-corrected chi connectivity index (χ0v) is 18.7. The summed E-state index contributed by atoms with van der Waals surface area (Å²) in [6.45, 7) is 0. The molecule has 0 atom stereocenters. The molecule has 2 heterocycles. The van der Waals surface area contributed by atoms with Crippen LogP contribution in [0.2, 0.25) is 0 Å². The minimum atomic E-state index is -0.0810. The quantitative estimate of drug-likeness (QED) is 0.487. The highest BCUT2D eigenvalue weighted by Crippen LogP contribution is 2.33. The highest BCUT2D eigenvalue weighted by Gasteiger charge is 2.24. The van der Waals surface area contributed by atoms with Gasteiger partial charge < -0.3 is 14.6 Å². The van der Waals surface area contributed by atoms with Crippen molar-refractivity contribution in [2.45, 2.75) is 49.7 Å². The summed E-state index contributed by atoms with van der Waals surface area (Å²) in [5, 5.41) is 14.8. The Kier molecular flexibility index (Phi) is 7.07. The van der Waals surface area contributed by atoms with E-state index in [-0.39, 0.29) is 11.7 Å². The number of nitrogens with zero attached hydrogens (tertiary/aromatic N) is 3. The van der Waals surface area contributed by atoms with Gasteiger partial charge in [0.1, 0.15) is 11.6 Å². The smallest absolute Gasteiger partial charge is 0.234 e. The number of methoxy groups -OCH3 is 1. The van der Waals surface area contributed by atoms with Gasteiger partial charge in [-0.2, -0.15) is 0 Å². The number of anilines is 1. The maximum atomic E-state index is 12.6. The average Bonchev–Trinajstić information content (AvgIpc) is 3.43. The van der Waals surface area contributed by atoms with Crippen molar-refractivity contribution in [2.24, 2.45) is 0 Å². The fourth-order valence-electron chi connectivity index (χ4n) is 3.87. The Morgan fingerprint density at radius 1 is 1.20 bits per heavy atom. The monoisotopic (exact) mass is 442 g/mol. The summed E-state index contributed by atoms with van der Waals surface area (Å²) >= 11 is 3.20. The average molecular weight is 443 g/mol. The van der Waals surface area contributed by atoms with Gasteiger partial charge in [-0.1, -0.05) is 49.2 Å². The molecule has 0 saturated heterocycles. The van der Waals surface area contributed by atoms with Crippen molar-refractivity contribution in [1.29, 1.82) is 0 Å². The van der Waals surface area contributed by atoms with Crippen LogP contribution < -0.4 is 10.1 Å². The van der Waals surface area contributed by atoms with E-state index in [2.05, 4.69) is 37.6 Å². The van der Waals surface area contributed by atoms with Gasteiger partial charge in [0.05, 0.1) is 18.6 Å². The summed E-state index contributed by atoms with van der Waals surface area (Å²) in [5.41, 5.74) is 0.678. The fraction of sp³-hybridized carbons (Fsp3) is 0.409. The molecule has 0 spiro atoms. The number of benzene rings is 1. The van der Waals surface area contributed by atoms with Crippen molar-refractivity contribution >= 4 is 34.7 Å². The van der Waals surface area contributed by atoms with Gasteiger partial charge >= 0.3 is 0 Å². The molecule has 1 aromatic carbocycles. The predicted octanol–water partition coefficient (Wildman–Crippen LogP) is 5.18. The van der Waals surface area contributed by atoms with Gasteiger partial charge in [-0.3, -0.25) is 4.79 Å². The van der Waals surface area contributed by atoms with Crippen molar-refractivity contribution in [2.75, 3.05) is 18.2 Å². The van der Waals surface area contributed by atoms with E-state index in [9.17, 15) is 4.79 Å². The van der Waals surface area contributed by atoms with Crippen LogP contribution in [0, 0.1) is 0 Å². The number of nitrogens with one attached hydrogen (secondary N) is 1. The third kappa shape index (κ3) is 5.05. The number of hydrogen-bond donors (Lipinski definition) is 1. The standard InChI is InChI=1S/C22H26N4O2S2/c1-28-19-12-6-5-11-18(19)23-21(27)15-30-22-25-24-20(14-17-10-7-13-29-17)26(22)16-8-3-2-4-9-16/h5-7,10-13,16H,2-4,8-9,14-15H2,1H3,(H,23,27). The molecule has 1 amide bonds. The molecular weight excluding hydrogens is 416 g/mol. The van der Waals surface area contributed by atoms with E-state index in [0.29, 0.717) is 17.5 Å². The molecule has 3 aromatic rings. The summed E-state index contributed by atoms with van der Waals surface area (Å²) in [4.78, 5) is 13.8. The zero-order valence-electron chi connectivity index (χ0n) is 17.0. The Labute approximate surface area is 185 Å². The lowest BCUT2D eigenvalue weighted by molar-refractivity contribution is -0.113. The highest BCUT2D eigenvalue weighted by atomic mass is 32.2. The number of thioether (sulfide) groups is 1. The van der Waals surface area contributed by atoms with Crippen molar-refractivity contribution in [3.8, 4) is 5.75 Å². The molecule has 1 N–H and O–H groups in total. The lowest BCUT2D eigenvalue weighted by atomic mass is 9.95. The Bertz CT molecular complexity index is 965. The van der Waals surface area contributed by atoms with Crippen LogP contribution >= 0.6 is 23.1 Å². The molecule has 0 radical (unpaired) electrons. The number of para-hydroxylation sites is 2. The molecule has 2 aromatic heterocycles. The van der Waals surface area contributed by atoms with Crippen LogP contribution in [-0.2, 0) is 11.2 Å². The van der Waals surface area contributed by atoms with Crippen molar-refractivity contribution in [1.82, 2.24) is 14.8 Å². The lowest BCUT2D eigenvalue weighted by Crippen LogP contribution is -2.18. The molecule has 1 fully saturated rings. The summed E-state index contributed by atoms with van der Waals surface area (Å²) in [6, 6.07) is 12.1. The number of carbonyl (C=O) groups excluding carboxylic acids is 1. The van der Waals surface area contributed by atoms with Crippen molar-refractivity contribution in [3.63, 3.8) is 0 Å². The molecule has 30 heavy (non-hydrogen) atoms. The van der Waals surface area contributed by atoms with Crippen LogP contribution in [0.1, 0.15) is 48.8 Å². The Hall–Kier alpha value is -2.32. The van der Waals surface area contributed by atoms with Crippen LogP contribution in [0.5, 0.6) is 5.75 Å². The molecule has 6 nitrogen and oxygen atoms in total. The van der Waals surface area contributed by atoms with Gasteiger partial charge in [0.15, 0.2) is 5.16 Å². The van der Waals surface area contributed by atoms with E-state index in [1.165, 1.54) is 35.9 Å². The number of hydrogen-bond acceptors (Lipinski definition) is 6. The van der Waals surface area contributed by atoms with E-state index in [1.54, 1.807) is 18.4 Å². The topological polar surface area (TPSA) is 69.0 Å². The second kappa shape index (κ2) is 10.1. The van der Waals surface area contributed by atoms with Gasteiger partial charge in [0.2, 0.25) is 5.91 Å². The first-order valence-corrected chi connectivity index (χ1v) is 12.1. The van der Waals surface area contributed by atoms with Gasteiger partial charge in [0, 0.05) is 17.3 Å². The molecule has 0 bridgehead atoms. The van der Waals surface area contributed by atoms with Crippen LogP contribution in [0.25, 0.3) is 0 Å². The number of carbonyl (C=O) groups is 1. The number of rotatable bonds is 8. The molecule has 0 aliphatic heterocycles. The molecule has 1 aliphatic rings. The first-order chi connectivity index (χ1) is 14.7. The third-order valence-corrected chi connectivity index (χ3v) is 7.12. The van der Waals surface area contributed by atoms with Crippen LogP contribution in [0.3, 0.4) is 0 Å². The first kappa shape index (κ1) is 20.9. The van der Waals surface area contributed by atoms with E-state index < -0.39 is 0 Å². The molecule has 0 unspecified atom stereocenters. The maximum Gasteiger partial charge on any atom is 0.234 e. The fourth-order valence-corrected chi connectivity index (χ4v) is 5.39. The Balaban J connectivity index is 1.47. The number of ether oxygens (including phenoxy) is 1. The van der Waals surface area contributed by atoms with Crippen LogP contribution in [0.4, 0.5) is 5.69 Å². The van der Waals surface area contributed by atoms with Gasteiger partial charge in [-0.15, -0.1) is 21.5 Å². The number of thiophene rings is 1. The minimum Gasteiger partial charge on any atom is -0.495 e. The predicted molar refractivity (Wildman–Crippen MR) is 122 cm³/mol. The minimum absolute atomic E-state index is 0.0810. The Morgan fingerprint density at radius 2 is 2.03 bits per heavy atom. The molecule has 4 rings (SSSR count). The summed E-state index contributed by atoms with van der Waals surface area (Å²) in [5.74, 6) is 1.85.